The monoisotopic (exact) mass is 212 g/mol. The molecule has 2 heterocycles. The van der Waals surface area contributed by atoms with Gasteiger partial charge in [-0.2, -0.15) is 8.75 Å². The topological polar surface area (TPSA) is 72.1 Å². The molecule has 1 fully saturated rings. The van der Waals surface area contributed by atoms with Crippen molar-refractivity contribution >= 4 is 17.6 Å². The van der Waals surface area contributed by atoms with Crippen LogP contribution >= 0.6 is 11.7 Å². The molecule has 0 aromatic carbocycles. The molecule has 2 N–H and O–H groups in total. The number of aromatic nitrogens is 2. The molecule has 76 valence electrons. The summed E-state index contributed by atoms with van der Waals surface area (Å²) in [6.07, 6.45) is 2.52. The van der Waals surface area contributed by atoms with Crippen molar-refractivity contribution in [3.63, 3.8) is 0 Å². The number of nitrogens with zero attached hydrogens (tertiary/aromatic N) is 3. The van der Waals surface area contributed by atoms with Crippen molar-refractivity contribution < 1.29 is 4.79 Å². The molecule has 1 aromatic rings. The molecule has 1 saturated heterocycles. The van der Waals surface area contributed by atoms with Crippen molar-refractivity contribution in [3.8, 4) is 0 Å². The Morgan fingerprint density at radius 2 is 2.64 bits per heavy atom. The summed E-state index contributed by atoms with van der Waals surface area (Å²) in [7, 11) is 0. The van der Waals surface area contributed by atoms with Gasteiger partial charge in [0.1, 0.15) is 0 Å². The summed E-state index contributed by atoms with van der Waals surface area (Å²) >= 11 is 1.06. The Labute approximate surface area is 86.2 Å². The van der Waals surface area contributed by atoms with Crippen LogP contribution in [0.25, 0.3) is 0 Å². The fourth-order valence-corrected chi connectivity index (χ4v) is 2.04. The molecule has 1 aliphatic rings. The van der Waals surface area contributed by atoms with E-state index in [-0.39, 0.29) is 5.91 Å². The number of hydrogen-bond acceptors (Lipinski definition) is 5. The summed E-state index contributed by atoms with van der Waals surface area (Å²) in [6, 6.07) is 0. The molecule has 14 heavy (non-hydrogen) atoms. The van der Waals surface area contributed by atoms with Gasteiger partial charge in [0, 0.05) is 13.1 Å². The third-order valence-electron chi connectivity index (χ3n) is 2.49. The Bertz CT molecular complexity index is 313. The Kier molecular flexibility index (Phi) is 2.74. The number of carbonyl (C=O) groups is 1. The summed E-state index contributed by atoms with van der Waals surface area (Å²) in [5.74, 6) is 0.431. The molecule has 1 unspecified atom stereocenters. The molecule has 2 rings (SSSR count). The second-order valence-corrected chi connectivity index (χ2v) is 3.99. The summed E-state index contributed by atoms with van der Waals surface area (Å²) in [5.41, 5.74) is 6.00. The van der Waals surface area contributed by atoms with Crippen molar-refractivity contribution in [1.82, 2.24) is 13.6 Å². The lowest BCUT2D eigenvalue weighted by molar-refractivity contribution is 0.0783. The Balaban J connectivity index is 2.00. The summed E-state index contributed by atoms with van der Waals surface area (Å²) in [4.78, 5) is 13.6. The van der Waals surface area contributed by atoms with Crippen molar-refractivity contribution in [1.29, 1.82) is 0 Å². The van der Waals surface area contributed by atoms with E-state index in [4.69, 9.17) is 5.73 Å². The maximum absolute atomic E-state index is 11.8. The number of amides is 1. The van der Waals surface area contributed by atoms with Crippen LogP contribution in [-0.2, 0) is 0 Å². The van der Waals surface area contributed by atoms with Gasteiger partial charge in [0.05, 0.1) is 17.9 Å². The van der Waals surface area contributed by atoms with Gasteiger partial charge in [-0.3, -0.25) is 4.79 Å². The lowest BCUT2D eigenvalue weighted by atomic mass is 10.1. The molecule has 0 saturated carbocycles. The molecule has 1 aromatic heterocycles. The SMILES string of the molecule is NCC1CCN(C(=O)c2cnsn2)C1. The highest BCUT2D eigenvalue weighted by Gasteiger charge is 2.26. The number of carbonyl (C=O) groups excluding carboxylic acids is 1. The molecule has 1 atom stereocenters. The van der Waals surface area contributed by atoms with Gasteiger partial charge in [0.2, 0.25) is 0 Å². The number of likely N-dealkylation sites (tertiary alicyclic amines) is 1. The summed E-state index contributed by atoms with van der Waals surface area (Å²) < 4.78 is 7.73. The highest BCUT2D eigenvalue weighted by atomic mass is 32.1. The second-order valence-electron chi connectivity index (χ2n) is 3.43. The Morgan fingerprint density at radius 1 is 1.79 bits per heavy atom. The number of hydrogen-bond donors (Lipinski definition) is 1. The Hall–Kier alpha value is -1.01. The van der Waals surface area contributed by atoms with Gasteiger partial charge in [-0.05, 0) is 18.9 Å². The van der Waals surface area contributed by atoms with E-state index in [1.165, 1.54) is 6.20 Å². The molecule has 0 aliphatic carbocycles. The van der Waals surface area contributed by atoms with Gasteiger partial charge in [-0.25, -0.2) is 0 Å². The number of rotatable bonds is 2. The van der Waals surface area contributed by atoms with Gasteiger partial charge in [0.15, 0.2) is 5.69 Å². The first-order valence-corrected chi connectivity index (χ1v) is 5.31. The first-order chi connectivity index (χ1) is 6.81. The summed E-state index contributed by atoms with van der Waals surface area (Å²) in [6.45, 7) is 2.20. The largest absolute Gasteiger partial charge is 0.337 e. The van der Waals surface area contributed by atoms with Crippen LogP contribution in [0.4, 0.5) is 0 Å². The molecule has 0 spiro atoms. The highest BCUT2D eigenvalue weighted by molar-refractivity contribution is 6.99. The van der Waals surface area contributed by atoms with Gasteiger partial charge >= 0.3 is 0 Å². The van der Waals surface area contributed by atoms with Crippen LogP contribution in [0.15, 0.2) is 6.20 Å². The van der Waals surface area contributed by atoms with Gasteiger partial charge < -0.3 is 10.6 Å². The molecule has 1 amide bonds. The van der Waals surface area contributed by atoms with Crippen LogP contribution in [0.5, 0.6) is 0 Å². The van der Waals surface area contributed by atoms with Gasteiger partial charge in [-0.15, -0.1) is 0 Å². The van der Waals surface area contributed by atoms with Crippen molar-refractivity contribution in [2.24, 2.45) is 11.7 Å². The molecule has 1 aliphatic heterocycles. The van der Waals surface area contributed by atoms with E-state index >= 15 is 0 Å². The minimum Gasteiger partial charge on any atom is -0.337 e. The van der Waals surface area contributed by atoms with Crippen molar-refractivity contribution in [2.45, 2.75) is 6.42 Å². The molecule has 5 nitrogen and oxygen atoms in total. The molecular weight excluding hydrogens is 200 g/mol. The second kappa shape index (κ2) is 4.02. The predicted molar refractivity (Wildman–Crippen MR) is 53.0 cm³/mol. The number of nitrogens with two attached hydrogens (primary N) is 1. The molecule has 0 bridgehead atoms. The van der Waals surface area contributed by atoms with Gasteiger partial charge in [-0.1, -0.05) is 0 Å². The fraction of sp³-hybridized carbons (Fsp3) is 0.625. The van der Waals surface area contributed by atoms with Crippen LogP contribution in [0.3, 0.4) is 0 Å². The molecule has 6 heteroatoms. The van der Waals surface area contributed by atoms with E-state index < -0.39 is 0 Å². The first-order valence-electron chi connectivity index (χ1n) is 4.58. The fourth-order valence-electron chi connectivity index (χ4n) is 1.63. The zero-order valence-electron chi connectivity index (χ0n) is 7.72. The normalized spacial score (nSPS) is 21.5. The van der Waals surface area contributed by atoms with E-state index in [1.807, 2.05) is 0 Å². The first kappa shape index (κ1) is 9.54. The zero-order chi connectivity index (χ0) is 9.97. The highest BCUT2D eigenvalue weighted by Crippen LogP contribution is 2.16. The van der Waals surface area contributed by atoms with Gasteiger partial charge in [0.25, 0.3) is 5.91 Å². The average Bonchev–Trinajstić information content (AvgIpc) is 2.88. The minimum atomic E-state index is -0.0188. The lowest BCUT2D eigenvalue weighted by Crippen LogP contribution is -2.30. The summed E-state index contributed by atoms with van der Waals surface area (Å²) in [5, 5.41) is 0. The molecule has 0 radical (unpaired) electrons. The van der Waals surface area contributed by atoms with E-state index in [9.17, 15) is 4.79 Å². The smallest absolute Gasteiger partial charge is 0.275 e. The Morgan fingerprint density at radius 3 is 3.21 bits per heavy atom. The van der Waals surface area contributed by atoms with Crippen LogP contribution < -0.4 is 5.73 Å². The van der Waals surface area contributed by atoms with Crippen LogP contribution in [-0.4, -0.2) is 39.2 Å². The maximum atomic E-state index is 11.8. The van der Waals surface area contributed by atoms with Crippen LogP contribution in [0, 0.1) is 5.92 Å². The minimum absolute atomic E-state index is 0.0188. The van der Waals surface area contributed by atoms with Crippen LogP contribution in [0.2, 0.25) is 0 Å². The third-order valence-corrected chi connectivity index (χ3v) is 2.96. The zero-order valence-corrected chi connectivity index (χ0v) is 8.54. The van der Waals surface area contributed by atoms with E-state index in [1.54, 1.807) is 4.90 Å². The quantitative estimate of drug-likeness (QED) is 0.746. The maximum Gasteiger partial charge on any atom is 0.275 e. The third kappa shape index (κ3) is 1.76. The van der Waals surface area contributed by atoms with Crippen molar-refractivity contribution in [3.05, 3.63) is 11.9 Å². The van der Waals surface area contributed by atoms with E-state index in [2.05, 4.69) is 8.75 Å². The van der Waals surface area contributed by atoms with E-state index in [0.29, 0.717) is 18.2 Å². The predicted octanol–water partition coefficient (Wildman–Crippen LogP) is -0.0411. The average molecular weight is 212 g/mol. The lowest BCUT2D eigenvalue weighted by Gasteiger charge is -2.13. The van der Waals surface area contributed by atoms with Crippen LogP contribution in [0.1, 0.15) is 16.9 Å². The standard InChI is InChI=1S/C8H12N4OS/c9-3-6-1-2-12(5-6)8(13)7-4-10-14-11-7/h4,6H,1-3,5,9H2. The van der Waals surface area contributed by atoms with E-state index in [0.717, 1.165) is 31.2 Å². The molecular formula is C8H12N4OS. The van der Waals surface area contributed by atoms with Crippen molar-refractivity contribution in [2.75, 3.05) is 19.6 Å².